The molecule has 0 radical (unpaired) electrons. The van der Waals surface area contributed by atoms with Crippen LogP contribution in [0.1, 0.15) is 12.0 Å². The van der Waals surface area contributed by atoms with Crippen molar-refractivity contribution < 1.29 is 9.18 Å². The summed E-state index contributed by atoms with van der Waals surface area (Å²) in [5.41, 5.74) is 0.674. The minimum absolute atomic E-state index is 0.0201. The molecule has 1 aromatic rings. The molecule has 0 saturated carbocycles. The molecule has 0 spiro atoms. The van der Waals surface area contributed by atoms with Crippen LogP contribution in [0, 0.1) is 5.95 Å². The van der Waals surface area contributed by atoms with E-state index in [9.17, 15) is 9.18 Å². The number of hydrogen-bond donors (Lipinski definition) is 0. The lowest BCUT2D eigenvalue weighted by Crippen LogP contribution is -1.84. The second kappa shape index (κ2) is 4.72. The highest BCUT2D eigenvalue weighted by Gasteiger charge is 1.99. The molecular formula is C9H7ClFNO. The molecule has 0 aromatic carbocycles. The van der Waals surface area contributed by atoms with Crippen molar-refractivity contribution in [2.24, 2.45) is 0 Å². The first kappa shape index (κ1) is 9.86. The fourth-order valence-electron chi connectivity index (χ4n) is 0.787. The monoisotopic (exact) mass is 199 g/mol. The summed E-state index contributed by atoms with van der Waals surface area (Å²) in [7, 11) is 0. The molecule has 0 atom stereocenters. The Morgan fingerprint density at radius 3 is 3.00 bits per heavy atom. The summed E-state index contributed by atoms with van der Waals surface area (Å²) < 4.78 is 12.6. The largest absolute Gasteiger partial charge is 0.303 e. The Bertz CT molecular complexity index is 338. The van der Waals surface area contributed by atoms with E-state index in [4.69, 9.17) is 11.6 Å². The second-order valence-electron chi connectivity index (χ2n) is 2.35. The summed E-state index contributed by atoms with van der Waals surface area (Å²) in [5, 5.41) is -0.0201. The highest BCUT2D eigenvalue weighted by atomic mass is 35.5. The molecule has 0 N–H and O–H groups in total. The maximum atomic E-state index is 12.6. The lowest BCUT2D eigenvalue weighted by atomic mass is 10.2. The lowest BCUT2D eigenvalue weighted by Gasteiger charge is -1.94. The quantitative estimate of drug-likeness (QED) is 0.553. The Balaban J connectivity index is 2.79. The van der Waals surface area contributed by atoms with Crippen LogP contribution in [0.15, 0.2) is 18.3 Å². The number of rotatable bonds is 3. The highest BCUT2D eigenvalue weighted by Crippen LogP contribution is 2.14. The molecule has 4 heteroatoms. The predicted octanol–water partition coefficient (Wildman–Crippen LogP) is 2.48. The van der Waals surface area contributed by atoms with E-state index in [-0.39, 0.29) is 5.02 Å². The summed E-state index contributed by atoms with van der Waals surface area (Å²) in [6.45, 7) is 0. The van der Waals surface area contributed by atoms with Crippen LogP contribution in [0.25, 0.3) is 6.08 Å². The highest BCUT2D eigenvalue weighted by molar-refractivity contribution is 6.30. The minimum atomic E-state index is -0.686. The molecule has 68 valence electrons. The Kier molecular flexibility index (Phi) is 3.58. The lowest BCUT2D eigenvalue weighted by molar-refractivity contribution is -0.107. The second-order valence-corrected chi connectivity index (χ2v) is 2.75. The Morgan fingerprint density at radius 2 is 2.38 bits per heavy atom. The van der Waals surface area contributed by atoms with Gasteiger partial charge in [0.25, 0.3) is 0 Å². The Hall–Kier alpha value is -1.22. The van der Waals surface area contributed by atoms with Gasteiger partial charge in [-0.3, -0.25) is 0 Å². The summed E-state index contributed by atoms with van der Waals surface area (Å²) in [5.74, 6) is -0.686. The molecule has 1 heterocycles. The van der Waals surface area contributed by atoms with Crippen LogP contribution in [-0.2, 0) is 4.79 Å². The fourth-order valence-corrected chi connectivity index (χ4v) is 0.962. The van der Waals surface area contributed by atoms with E-state index >= 15 is 0 Å². The SMILES string of the molecule is O=CCC=Cc1cnc(F)c(Cl)c1. The first-order valence-corrected chi connectivity index (χ1v) is 4.03. The molecule has 2 nitrogen and oxygen atoms in total. The van der Waals surface area contributed by atoms with Crippen molar-refractivity contribution in [1.29, 1.82) is 0 Å². The smallest absolute Gasteiger partial charge is 0.231 e. The van der Waals surface area contributed by atoms with Crippen LogP contribution >= 0.6 is 11.6 Å². The summed E-state index contributed by atoms with van der Waals surface area (Å²) in [4.78, 5) is 13.4. The van der Waals surface area contributed by atoms with Gasteiger partial charge in [-0.15, -0.1) is 0 Å². The van der Waals surface area contributed by atoms with Gasteiger partial charge < -0.3 is 4.79 Å². The van der Waals surface area contributed by atoms with Gasteiger partial charge >= 0.3 is 0 Å². The number of nitrogens with zero attached hydrogens (tertiary/aromatic N) is 1. The average molecular weight is 200 g/mol. The molecule has 0 amide bonds. The number of carbonyl (C=O) groups is 1. The van der Waals surface area contributed by atoms with Crippen molar-refractivity contribution >= 4 is 24.0 Å². The zero-order valence-electron chi connectivity index (χ0n) is 6.71. The van der Waals surface area contributed by atoms with E-state index in [0.29, 0.717) is 12.0 Å². The van der Waals surface area contributed by atoms with Crippen molar-refractivity contribution in [2.75, 3.05) is 0 Å². The van der Waals surface area contributed by atoms with Gasteiger partial charge in [-0.1, -0.05) is 23.8 Å². The summed E-state index contributed by atoms with van der Waals surface area (Å²) in [6.07, 6.45) is 5.76. The van der Waals surface area contributed by atoms with Gasteiger partial charge in [0.1, 0.15) is 6.29 Å². The van der Waals surface area contributed by atoms with E-state index in [1.165, 1.54) is 12.3 Å². The van der Waals surface area contributed by atoms with Gasteiger partial charge in [-0.2, -0.15) is 4.39 Å². The molecule has 0 aliphatic heterocycles. The number of halogens is 2. The fraction of sp³-hybridized carbons (Fsp3) is 0.111. The van der Waals surface area contributed by atoms with Gasteiger partial charge in [0.05, 0.1) is 5.02 Å². The third kappa shape index (κ3) is 2.95. The van der Waals surface area contributed by atoms with Crippen LogP contribution < -0.4 is 0 Å². The summed E-state index contributed by atoms with van der Waals surface area (Å²) in [6, 6.07) is 1.45. The molecule has 1 rings (SSSR count). The Morgan fingerprint density at radius 1 is 1.62 bits per heavy atom. The van der Waals surface area contributed by atoms with Gasteiger partial charge in [0, 0.05) is 12.6 Å². The molecule has 0 saturated heterocycles. The van der Waals surface area contributed by atoms with Crippen LogP contribution in [0.5, 0.6) is 0 Å². The molecular weight excluding hydrogens is 193 g/mol. The maximum absolute atomic E-state index is 12.6. The van der Waals surface area contributed by atoms with Crippen LogP contribution in [0.3, 0.4) is 0 Å². The van der Waals surface area contributed by atoms with Crippen LogP contribution in [-0.4, -0.2) is 11.3 Å². The van der Waals surface area contributed by atoms with Crippen molar-refractivity contribution in [3.63, 3.8) is 0 Å². The predicted molar refractivity (Wildman–Crippen MR) is 48.9 cm³/mol. The number of carbonyl (C=O) groups excluding carboxylic acids is 1. The maximum Gasteiger partial charge on any atom is 0.231 e. The number of hydrogen-bond acceptors (Lipinski definition) is 2. The topological polar surface area (TPSA) is 30.0 Å². The van der Waals surface area contributed by atoms with E-state index in [1.54, 1.807) is 12.2 Å². The molecule has 0 bridgehead atoms. The average Bonchev–Trinajstić information content (AvgIpc) is 2.12. The van der Waals surface area contributed by atoms with Gasteiger partial charge in [0.2, 0.25) is 5.95 Å². The third-order valence-corrected chi connectivity index (χ3v) is 1.63. The third-order valence-electron chi connectivity index (χ3n) is 1.36. The number of allylic oxidation sites excluding steroid dienone is 1. The normalized spacial score (nSPS) is 10.6. The Labute approximate surface area is 80.1 Å². The van der Waals surface area contributed by atoms with E-state index < -0.39 is 5.95 Å². The minimum Gasteiger partial charge on any atom is -0.303 e. The van der Waals surface area contributed by atoms with Crippen molar-refractivity contribution in [2.45, 2.75) is 6.42 Å². The zero-order chi connectivity index (χ0) is 9.68. The standard InChI is InChI=1S/C9H7ClFNO/c10-8-5-7(3-1-2-4-13)6-12-9(8)11/h1,3-6H,2H2. The van der Waals surface area contributed by atoms with E-state index in [0.717, 1.165) is 6.29 Å². The van der Waals surface area contributed by atoms with Crippen molar-refractivity contribution in [3.8, 4) is 0 Å². The zero-order valence-corrected chi connectivity index (χ0v) is 7.46. The summed E-state index contributed by atoms with van der Waals surface area (Å²) >= 11 is 5.49. The number of aromatic nitrogens is 1. The van der Waals surface area contributed by atoms with Crippen LogP contribution in [0.2, 0.25) is 5.02 Å². The first-order chi connectivity index (χ1) is 6.24. The number of aldehydes is 1. The van der Waals surface area contributed by atoms with Gasteiger partial charge in [0.15, 0.2) is 0 Å². The molecule has 1 aromatic heterocycles. The molecule has 13 heavy (non-hydrogen) atoms. The molecule has 0 fully saturated rings. The van der Waals surface area contributed by atoms with E-state index in [1.807, 2.05) is 0 Å². The van der Waals surface area contributed by atoms with E-state index in [2.05, 4.69) is 4.98 Å². The molecule has 0 unspecified atom stereocenters. The van der Waals surface area contributed by atoms with Gasteiger partial charge in [-0.05, 0) is 11.6 Å². The van der Waals surface area contributed by atoms with Crippen LogP contribution in [0.4, 0.5) is 4.39 Å². The van der Waals surface area contributed by atoms with Crippen molar-refractivity contribution in [1.82, 2.24) is 4.98 Å². The molecule has 0 aliphatic carbocycles. The number of pyridine rings is 1. The molecule has 0 aliphatic rings. The van der Waals surface area contributed by atoms with Crippen molar-refractivity contribution in [3.05, 3.63) is 34.9 Å². The first-order valence-electron chi connectivity index (χ1n) is 3.65. The van der Waals surface area contributed by atoms with Gasteiger partial charge in [-0.25, -0.2) is 4.98 Å².